The van der Waals surface area contributed by atoms with E-state index in [0.29, 0.717) is 28.1 Å². The molecular formula is C28H27F3N4O4S3. The Morgan fingerprint density at radius 3 is 2.21 bits per heavy atom. The van der Waals surface area contributed by atoms with Gasteiger partial charge in [-0.3, -0.25) is 4.57 Å². The van der Waals surface area contributed by atoms with Gasteiger partial charge in [-0.2, -0.15) is 8.42 Å². The summed E-state index contributed by atoms with van der Waals surface area (Å²) in [6.45, 7) is 0. The number of hydrogen-bond donors (Lipinski definition) is 0. The Morgan fingerprint density at radius 2 is 1.60 bits per heavy atom. The highest BCUT2D eigenvalue weighted by atomic mass is 32.2. The van der Waals surface area contributed by atoms with Crippen LogP contribution in [0.2, 0.25) is 0 Å². The van der Waals surface area contributed by atoms with E-state index in [1.807, 2.05) is 12.1 Å². The maximum Gasteiger partial charge on any atom is 0.283 e. The number of benzene rings is 3. The minimum Gasteiger partial charge on any atom is -0.493 e. The summed E-state index contributed by atoms with van der Waals surface area (Å²) in [6.07, 6.45) is 2.68. The van der Waals surface area contributed by atoms with E-state index in [-0.39, 0.29) is 11.3 Å². The number of hydrogen-bond acceptors (Lipinski definition) is 7. The van der Waals surface area contributed by atoms with E-state index in [1.54, 1.807) is 57.3 Å². The molecule has 222 valence electrons. The lowest BCUT2D eigenvalue weighted by Crippen LogP contribution is -2.10. The molecule has 4 aromatic rings. The Bertz CT molecular complexity index is 1670. The first-order chi connectivity index (χ1) is 20.0. The van der Waals surface area contributed by atoms with E-state index in [4.69, 9.17) is 9.47 Å². The summed E-state index contributed by atoms with van der Waals surface area (Å²) in [5.74, 6) is -0.997. The number of thioether (sulfide) groups is 2. The average Bonchev–Trinajstić information content (AvgIpc) is 3.37. The standard InChI is InChI=1S/C28H27F3N4O4S3/c1-34(2)17-33-42(36,37)22-12-24(30)23(25(31)13-22)16-41-28-32-14-20(35(28)19-7-5-18(29)6-8-19)15-40-21-9-10-26(38-3)27(11-21)39-4/h5-14,17H,15-16H2,1-4H3/b33-17+. The van der Waals surface area contributed by atoms with Gasteiger partial charge >= 0.3 is 0 Å². The van der Waals surface area contributed by atoms with Crippen LogP contribution < -0.4 is 9.47 Å². The number of nitrogens with zero attached hydrogens (tertiary/aromatic N) is 4. The summed E-state index contributed by atoms with van der Waals surface area (Å²) in [6, 6.07) is 12.8. The Kier molecular flexibility index (Phi) is 10.1. The summed E-state index contributed by atoms with van der Waals surface area (Å²) < 4.78 is 84.3. The second-order valence-electron chi connectivity index (χ2n) is 8.96. The fraction of sp³-hybridized carbons (Fsp3) is 0.214. The van der Waals surface area contributed by atoms with Crippen molar-refractivity contribution in [1.29, 1.82) is 0 Å². The van der Waals surface area contributed by atoms with Gasteiger partial charge in [0.15, 0.2) is 16.7 Å². The van der Waals surface area contributed by atoms with Crippen LogP contribution in [-0.4, -0.2) is 57.5 Å². The number of methoxy groups -OCH3 is 2. The molecule has 0 fully saturated rings. The fourth-order valence-electron chi connectivity index (χ4n) is 3.72. The zero-order valence-corrected chi connectivity index (χ0v) is 25.5. The third-order valence-corrected chi connectivity index (χ3v) is 9.01. The summed E-state index contributed by atoms with van der Waals surface area (Å²) >= 11 is 2.56. The van der Waals surface area contributed by atoms with Crippen LogP contribution >= 0.6 is 23.5 Å². The molecule has 0 aliphatic rings. The van der Waals surface area contributed by atoms with E-state index in [2.05, 4.69) is 9.38 Å². The Balaban J connectivity index is 1.60. The highest BCUT2D eigenvalue weighted by Crippen LogP contribution is 2.35. The highest BCUT2D eigenvalue weighted by Gasteiger charge is 2.21. The maximum atomic E-state index is 15.0. The Morgan fingerprint density at radius 1 is 0.929 bits per heavy atom. The smallest absolute Gasteiger partial charge is 0.283 e. The Labute approximate surface area is 250 Å². The molecular weight excluding hydrogens is 610 g/mol. The molecule has 0 atom stereocenters. The number of sulfonamides is 1. The van der Waals surface area contributed by atoms with Gasteiger partial charge in [0.25, 0.3) is 10.0 Å². The predicted molar refractivity (Wildman–Crippen MR) is 158 cm³/mol. The van der Waals surface area contributed by atoms with Crippen molar-refractivity contribution in [1.82, 2.24) is 14.5 Å². The van der Waals surface area contributed by atoms with Crippen LogP contribution in [0.5, 0.6) is 11.5 Å². The first kappa shape index (κ1) is 31.3. The highest BCUT2D eigenvalue weighted by molar-refractivity contribution is 7.98. The monoisotopic (exact) mass is 636 g/mol. The molecule has 3 aromatic carbocycles. The summed E-state index contributed by atoms with van der Waals surface area (Å²) in [4.78, 5) is 6.17. The summed E-state index contributed by atoms with van der Waals surface area (Å²) in [5, 5.41) is 0.413. The van der Waals surface area contributed by atoms with Gasteiger partial charge in [0.2, 0.25) is 0 Å². The van der Waals surface area contributed by atoms with Gasteiger partial charge < -0.3 is 14.4 Å². The molecule has 0 saturated carbocycles. The van der Waals surface area contributed by atoms with Crippen LogP contribution in [0, 0.1) is 17.5 Å². The van der Waals surface area contributed by atoms with E-state index in [0.717, 1.165) is 40.8 Å². The van der Waals surface area contributed by atoms with Crippen LogP contribution in [0.25, 0.3) is 5.69 Å². The second-order valence-corrected chi connectivity index (χ2v) is 12.6. The van der Waals surface area contributed by atoms with Crippen LogP contribution in [0.4, 0.5) is 13.2 Å². The van der Waals surface area contributed by atoms with Gasteiger partial charge in [-0.15, -0.1) is 16.2 Å². The molecule has 0 aliphatic heterocycles. The fourth-order valence-corrected chi connectivity index (χ4v) is 6.56. The molecule has 42 heavy (non-hydrogen) atoms. The summed E-state index contributed by atoms with van der Waals surface area (Å²) in [7, 11) is 1.95. The third kappa shape index (κ3) is 7.41. The number of imidazole rings is 1. The molecule has 0 bridgehead atoms. The molecule has 1 heterocycles. The Hall–Kier alpha value is -3.62. The molecule has 0 aliphatic carbocycles. The molecule has 1 aromatic heterocycles. The van der Waals surface area contributed by atoms with Crippen molar-refractivity contribution in [2.75, 3.05) is 28.3 Å². The number of aromatic nitrogens is 2. The van der Waals surface area contributed by atoms with Crippen LogP contribution in [-0.2, 0) is 21.5 Å². The van der Waals surface area contributed by atoms with Crippen molar-refractivity contribution in [3.05, 3.63) is 89.5 Å². The molecule has 0 saturated heterocycles. The van der Waals surface area contributed by atoms with Crippen LogP contribution in [0.3, 0.4) is 0 Å². The lowest BCUT2D eigenvalue weighted by molar-refractivity contribution is 0.354. The van der Waals surface area contributed by atoms with E-state index >= 15 is 0 Å². The lowest BCUT2D eigenvalue weighted by Gasteiger charge is -2.13. The molecule has 4 rings (SSSR count). The zero-order chi connectivity index (χ0) is 30.4. The number of ether oxygens (including phenoxy) is 2. The molecule has 0 N–H and O–H groups in total. The number of rotatable bonds is 12. The average molecular weight is 637 g/mol. The molecule has 0 unspecified atom stereocenters. The first-order valence-electron chi connectivity index (χ1n) is 12.3. The largest absolute Gasteiger partial charge is 0.493 e. The first-order valence-corrected chi connectivity index (χ1v) is 15.7. The molecule has 14 heteroatoms. The zero-order valence-electron chi connectivity index (χ0n) is 23.0. The summed E-state index contributed by atoms with van der Waals surface area (Å²) in [5.41, 5.74) is 1.05. The van der Waals surface area contributed by atoms with Crippen molar-refractivity contribution in [2.24, 2.45) is 4.40 Å². The quantitative estimate of drug-likeness (QED) is 0.104. The number of halogens is 3. The van der Waals surface area contributed by atoms with Gasteiger partial charge in [0.1, 0.15) is 23.8 Å². The predicted octanol–water partition coefficient (Wildman–Crippen LogP) is 6.17. The molecule has 0 spiro atoms. The van der Waals surface area contributed by atoms with Gasteiger partial charge in [0, 0.05) is 41.7 Å². The van der Waals surface area contributed by atoms with Gasteiger partial charge in [-0.1, -0.05) is 11.8 Å². The third-order valence-electron chi connectivity index (χ3n) is 5.80. The van der Waals surface area contributed by atoms with Gasteiger partial charge in [-0.25, -0.2) is 18.2 Å². The van der Waals surface area contributed by atoms with Gasteiger partial charge in [-0.05, 0) is 54.6 Å². The van der Waals surface area contributed by atoms with Crippen LogP contribution in [0.1, 0.15) is 11.3 Å². The molecule has 0 amide bonds. The lowest BCUT2D eigenvalue weighted by atomic mass is 10.2. The topological polar surface area (TPSA) is 86.0 Å². The minimum absolute atomic E-state index is 0.181. The van der Waals surface area contributed by atoms with Crippen molar-refractivity contribution in [2.45, 2.75) is 26.5 Å². The van der Waals surface area contributed by atoms with E-state index < -0.39 is 32.4 Å². The minimum atomic E-state index is -4.29. The van der Waals surface area contributed by atoms with Crippen molar-refractivity contribution in [3.8, 4) is 17.2 Å². The normalized spacial score (nSPS) is 11.7. The second kappa shape index (κ2) is 13.6. The van der Waals surface area contributed by atoms with Gasteiger partial charge in [0.05, 0.1) is 31.0 Å². The van der Waals surface area contributed by atoms with Crippen molar-refractivity contribution < 1.29 is 31.1 Å². The molecule has 0 radical (unpaired) electrons. The van der Waals surface area contributed by atoms with Crippen molar-refractivity contribution >= 4 is 39.9 Å². The van der Waals surface area contributed by atoms with Crippen LogP contribution in [0.15, 0.2) is 80.1 Å². The van der Waals surface area contributed by atoms with E-state index in [1.165, 1.54) is 28.8 Å². The SMILES string of the molecule is COc1ccc(SCc2cnc(SCc3c(F)cc(S(=O)(=O)/N=C/N(C)C)cc3F)n2-c2ccc(F)cc2)cc1OC. The van der Waals surface area contributed by atoms with Crippen molar-refractivity contribution in [3.63, 3.8) is 0 Å². The maximum absolute atomic E-state index is 15.0. The molecule has 8 nitrogen and oxygen atoms in total. The van der Waals surface area contributed by atoms with E-state index in [9.17, 15) is 21.6 Å².